The Bertz CT molecular complexity index is 983. The van der Waals surface area contributed by atoms with Gasteiger partial charge in [0.05, 0.1) is 106 Å². The smallest absolute Gasteiger partial charge is 0.119 e. The predicted octanol–water partition coefficient (Wildman–Crippen LogP) is 9.08. The largest absolute Gasteiger partial charge is 0.491 e. The SMILES string of the molecule is CCCCCCCCc1ccc(OCCOCCOCCOCCOCCOCCOCCOCCOCCOc2ccc(CCCCCCCC)cc2)cc1. The maximum Gasteiger partial charge on any atom is 0.119 e. The van der Waals surface area contributed by atoms with E-state index in [0.29, 0.717) is 119 Å². The molecule has 0 spiro atoms. The molecule has 0 fully saturated rings. The minimum absolute atomic E-state index is 0.519. The van der Waals surface area contributed by atoms with Gasteiger partial charge in [0.25, 0.3) is 0 Å². The van der Waals surface area contributed by atoms with E-state index in [1.165, 1.54) is 88.2 Å². The van der Waals surface area contributed by atoms with E-state index in [2.05, 4.69) is 62.4 Å². The van der Waals surface area contributed by atoms with Crippen LogP contribution in [0.4, 0.5) is 0 Å². The third kappa shape index (κ3) is 31.8. The first kappa shape index (κ1) is 49.9. The average molecular weight is 791 g/mol. The van der Waals surface area contributed by atoms with Crippen LogP contribution in [0.1, 0.15) is 102 Å². The van der Waals surface area contributed by atoms with Crippen LogP contribution in [0, 0.1) is 0 Å². The van der Waals surface area contributed by atoms with Crippen molar-refractivity contribution in [3.05, 3.63) is 59.7 Å². The lowest BCUT2D eigenvalue weighted by Crippen LogP contribution is -2.15. The summed E-state index contributed by atoms with van der Waals surface area (Å²) in [5, 5.41) is 0. The van der Waals surface area contributed by atoms with Crippen molar-refractivity contribution in [1.29, 1.82) is 0 Å². The molecule has 0 amide bonds. The zero-order valence-corrected chi connectivity index (χ0v) is 35.3. The van der Waals surface area contributed by atoms with E-state index in [0.717, 1.165) is 24.3 Å². The summed E-state index contributed by atoms with van der Waals surface area (Å²) in [5.74, 6) is 1.78. The standard InChI is InChI=1S/C46H78O10/c1-3-5-7-9-11-13-15-43-17-21-45(22-18-43)55-41-39-53-37-35-51-33-31-49-29-27-47-25-26-48-28-30-50-32-34-52-36-38-54-40-42-56-46-23-19-44(20-24-46)16-14-12-10-8-6-4-2/h17-24H,3-16,25-42H2,1-2H3. The molecule has 56 heavy (non-hydrogen) atoms. The molecular weight excluding hydrogens is 712 g/mol. The van der Waals surface area contributed by atoms with Crippen LogP contribution in [0.15, 0.2) is 48.5 Å². The molecule has 0 radical (unpaired) electrons. The molecule has 0 saturated heterocycles. The van der Waals surface area contributed by atoms with E-state index in [4.69, 9.17) is 47.4 Å². The molecule has 0 aliphatic rings. The van der Waals surface area contributed by atoms with Gasteiger partial charge in [0.2, 0.25) is 0 Å². The Labute approximate surface area is 340 Å². The average Bonchev–Trinajstić information content (AvgIpc) is 3.22. The highest BCUT2D eigenvalue weighted by Crippen LogP contribution is 2.16. The summed E-state index contributed by atoms with van der Waals surface area (Å²) < 4.78 is 56.1. The van der Waals surface area contributed by atoms with Crippen LogP contribution >= 0.6 is 0 Å². The van der Waals surface area contributed by atoms with Gasteiger partial charge < -0.3 is 47.4 Å². The Morgan fingerprint density at radius 3 is 0.768 bits per heavy atom. The number of benzene rings is 2. The van der Waals surface area contributed by atoms with Crippen molar-refractivity contribution in [2.45, 2.75) is 104 Å². The first-order valence-electron chi connectivity index (χ1n) is 21.9. The molecule has 322 valence electrons. The quantitative estimate of drug-likeness (QED) is 0.0606. The van der Waals surface area contributed by atoms with Crippen molar-refractivity contribution >= 4 is 0 Å². The predicted molar refractivity (Wildman–Crippen MR) is 225 cm³/mol. The summed E-state index contributed by atoms with van der Waals surface area (Å²) in [6.45, 7) is 14.0. The molecule has 2 aromatic rings. The highest BCUT2D eigenvalue weighted by atomic mass is 16.6. The molecule has 0 aromatic heterocycles. The second kappa shape index (κ2) is 39.5. The molecule has 0 heterocycles. The van der Waals surface area contributed by atoms with E-state index >= 15 is 0 Å². The molecule has 2 rings (SSSR count). The number of ether oxygens (including phenoxy) is 10. The molecule has 10 nitrogen and oxygen atoms in total. The summed E-state index contributed by atoms with van der Waals surface area (Å²) in [5.41, 5.74) is 2.76. The lowest BCUT2D eigenvalue weighted by atomic mass is 10.0. The maximum atomic E-state index is 5.79. The number of hydrogen-bond donors (Lipinski definition) is 0. The third-order valence-electron chi connectivity index (χ3n) is 9.08. The Balaban J connectivity index is 1.20. The summed E-state index contributed by atoms with van der Waals surface area (Å²) in [7, 11) is 0. The van der Waals surface area contributed by atoms with Crippen molar-refractivity contribution < 1.29 is 47.4 Å². The van der Waals surface area contributed by atoms with E-state index in [-0.39, 0.29) is 0 Å². The first-order chi connectivity index (χ1) is 27.8. The van der Waals surface area contributed by atoms with Crippen LogP contribution in [0.2, 0.25) is 0 Å². The second-order valence-corrected chi connectivity index (χ2v) is 13.9. The van der Waals surface area contributed by atoms with E-state index in [1.54, 1.807) is 0 Å². The monoisotopic (exact) mass is 791 g/mol. The minimum atomic E-state index is 0.519. The van der Waals surface area contributed by atoms with Crippen molar-refractivity contribution in [2.24, 2.45) is 0 Å². The number of hydrogen-bond acceptors (Lipinski definition) is 10. The Morgan fingerprint density at radius 1 is 0.268 bits per heavy atom. The topological polar surface area (TPSA) is 92.3 Å². The highest BCUT2D eigenvalue weighted by Gasteiger charge is 2.00. The zero-order chi connectivity index (χ0) is 39.7. The van der Waals surface area contributed by atoms with Crippen LogP contribution in [-0.2, 0) is 50.7 Å². The fourth-order valence-corrected chi connectivity index (χ4v) is 5.80. The van der Waals surface area contributed by atoms with Gasteiger partial charge in [-0.2, -0.15) is 0 Å². The van der Waals surface area contributed by atoms with E-state index < -0.39 is 0 Å². The summed E-state index contributed by atoms with van der Waals surface area (Å²) >= 11 is 0. The van der Waals surface area contributed by atoms with Gasteiger partial charge in [-0.05, 0) is 61.1 Å². The van der Waals surface area contributed by atoms with Crippen molar-refractivity contribution in [3.8, 4) is 11.5 Å². The van der Waals surface area contributed by atoms with Gasteiger partial charge in [-0.25, -0.2) is 0 Å². The summed E-state index contributed by atoms with van der Waals surface area (Å²) in [4.78, 5) is 0. The van der Waals surface area contributed by atoms with Crippen LogP contribution in [0.3, 0.4) is 0 Å². The van der Waals surface area contributed by atoms with Gasteiger partial charge in [0.1, 0.15) is 24.7 Å². The van der Waals surface area contributed by atoms with Crippen molar-refractivity contribution in [3.63, 3.8) is 0 Å². The number of unbranched alkanes of at least 4 members (excludes halogenated alkanes) is 10. The molecule has 10 heteroatoms. The van der Waals surface area contributed by atoms with Crippen molar-refractivity contribution in [1.82, 2.24) is 0 Å². The highest BCUT2D eigenvalue weighted by molar-refractivity contribution is 5.28. The van der Waals surface area contributed by atoms with Gasteiger partial charge >= 0.3 is 0 Å². The molecule has 0 N–H and O–H groups in total. The Hall–Kier alpha value is -2.28. The van der Waals surface area contributed by atoms with Gasteiger partial charge in [0, 0.05) is 0 Å². The van der Waals surface area contributed by atoms with Crippen LogP contribution in [0.25, 0.3) is 0 Å². The molecular formula is C46H78O10. The normalized spacial score (nSPS) is 11.4. The molecule has 0 aliphatic carbocycles. The molecule has 0 bridgehead atoms. The fourth-order valence-electron chi connectivity index (χ4n) is 5.80. The van der Waals surface area contributed by atoms with E-state index in [9.17, 15) is 0 Å². The Morgan fingerprint density at radius 2 is 0.500 bits per heavy atom. The van der Waals surface area contributed by atoms with Gasteiger partial charge in [-0.15, -0.1) is 0 Å². The molecule has 0 aliphatic heterocycles. The van der Waals surface area contributed by atoms with Gasteiger partial charge in [-0.1, -0.05) is 102 Å². The van der Waals surface area contributed by atoms with Crippen LogP contribution in [0.5, 0.6) is 11.5 Å². The molecule has 0 saturated carbocycles. The van der Waals surface area contributed by atoms with Crippen molar-refractivity contribution in [2.75, 3.05) is 119 Å². The maximum absolute atomic E-state index is 5.79. The summed E-state index contributed by atoms with van der Waals surface area (Å²) in [6.07, 6.45) is 18.2. The van der Waals surface area contributed by atoms with Crippen LogP contribution < -0.4 is 9.47 Å². The first-order valence-corrected chi connectivity index (χ1v) is 21.9. The number of aryl methyl sites for hydroxylation is 2. The summed E-state index contributed by atoms with van der Waals surface area (Å²) in [6, 6.07) is 16.9. The Kier molecular flexibility index (Phi) is 35.2. The molecule has 0 unspecified atom stereocenters. The number of rotatable bonds is 43. The van der Waals surface area contributed by atoms with E-state index in [1.807, 2.05) is 0 Å². The molecule has 0 atom stereocenters. The minimum Gasteiger partial charge on any atom is -0.491 e. The second-order valence-electron chi connectivity index (χ2n) is 13.9. The molecule has 2 aromatic carbocycles. The fraction of sp³-hybridized carbons (Fsp3) is 0.739. The van der Waals surface area contributed by atoms with Gasteiger partial charge in [0.15, 0.2) is 0 Å². The van der Waals surface area contributed by atoms with Crippen LogP contribution in [-0.4, -0.2) is 119 Å². The lowest BCUT2D eigenvalue weighted by molar-refractivity contribution is -0.0241. The third-order valence-corrected chi connectivity index (χ3v) is 9.08. The lowest BCUT2D eigenvalue weighted by Gasteiger charge is -2.09. The zero-order valence-electron chi connectivity index (χ0n) is 35.3. The van der Waals surface area contributed by atoms with Gasteiger partial charge in [-0.3, -0.25) is 0 Å².